The van der Waals surface area contributed by atoms with E-state index >= 15 is 0 Å². The SMILES string of the molecule is Cc1nnc(CN=C(NCCn2cccc2)NC2CCCCC2)n1C. The first-order chi connectivity index (χ1) is 12.2. The Balaban J connectivity index is 1.59. The third kappa shape index (κ3) is 5.08. The van der Waals surface area contributed by atoms with E-state index in [0.29, 0.717) is 12.6 Å². The van der Waals surface area contributed by atoms with E-state index in [0.717, 1.165) is 30.7 Å². The summed E-state index contributed by atoms with van der Waals surface area (Å²) in [5, 5.41) is 15.4. The van der Waals surface area contributed by atoms with Crippen LogP contribution in [0, 0.1) is 6.92 Å². The van der Waals surface area contributed by atoms with Crippen molar-refractivity contribution in [3.8, 4) is 0 Å². The van der Waals surface area contributed by atoms with Crippen LogP contribution in [0.4, 0.5) is 0 Å². The molecule has 7 heteroatoms. The van der Waals surface area contributed by atoms with Crippen molar-refractivity contribution in [2.45, 2.75) is 58.2 Å². The van der Waals surface area contributed by atoms with Crippen LogP contribution in [-0.2, 0) is 20.1 Å². The van der Waals surface area contributed by atoms with Gasteiger partial charge in [-0.1, -0.05) is 19.3 Å². The maximum Gasteiger partial charge on any atom is 0.191 e. The average molecular weight is 343 g/mol. The van der Waals surface area contributed by atoms with Gasteiger partial charge in [0.2, 0.25) is 0 Å². The molecule has 1 aliphatic carbocycles. The predicted octanol–water partition coefficient (Wildman–Crippen LogP) is 1.99. The van der Waals surface area contributed by atoms with E-state index in [4.69, 9.17) is 4.99 Å². The third-order valence-corrected chi connectivity index (χ3v) is 4.84. The molecule has 25 heavy (non-hydrogen) atoms. The number of nitrogens with one attached hydrogen (secondary N) is 2. The fourth-order valence-electron chi connectivity index (χ4n) is 3.15. The van der Waals surface area contributed by atoms with Crippen molar-refractivity contribution in [3.05, 3.63) is 36.2 Å². The van der Waals surface area contributed by atoms with E-state index in [1.807, 2.05) is 30.7 Å². The Morgan fingerprint density at radius 1 is 1.20 bits per heavy atom. The smallest absolute Gasteiger partial charge is 0.191 e. The molecule has 7 nitrogen and oxygen atoms in total. The molecular weight excluding hydrogens is 314 g/mol. The van der Waals surface area contributed by atoms with Crippen molar-refractivity contribution in [2.24, 2.45) is 12.0 Å². The van der Waals surface area contributed by atoms with Crippen LogP contribution in [0.2, 0.25) is 0 Å². The molecule has 0 aliphatic heterocycles. The lowest BCUT2D eigenvalue weighted by atomic mass is 9.96. The topological polar surface area (TPSA) is 72.1 Å². The van der Waals surface area contributed by atoms with Crippen LogP contribution >= 0.6 is 0 Å². The Morgan fingerprint density at radius 2 is 1.96 bits per heavy atom. The fraction of sp³-hybridized carbons (Fsp3) is 0.611. The zero-order valence-corrected chi connectivity index (χ0v) is 15.3. The zero-order chi connectivity index (χ0) is 17.5. The van der Waals surface area contributed by atoms with E-state index in [1.165, 1.54) is 32.1 Å². The molecule has 0 radical (unpaired) electrons. The van der Waals surface area contributed by atoms with Gasteiger partial charge in [-0.15, -0.1) is 10.2 Å². The molecule has 0 unspecified atom stereocenters. The van der Waals surface area contributed by atoms with Crippen molar-refractivity contribution in [3.63, 3.8) is 0 Å². The van der Waals surface area contributed by atoms with Gasteiger partial charge in [0.1, 0.15) is 12.4 Å². The maximum atomic E-state index is 4.74. The zero-order valence-electron chi connectivity index (χ0n) is 15.3. The van der Waals surface area contributed by atoms with Gasteiger partial charge in [0.25, 0.3) is 0 Å². The molecule has 0 spiro atoms. The van der Waals surface area contributed by atoms with Gasteiger partial charge in [0.05, 0.1) is 0 Å². The second-order valence-corrected chi connectivity index (χ2v) is 6.71. The van der Waals surface area contributed by atoms with Crippen molar-refractivity contribution in [2.75, 3.05) is 6.54 Å². The number of aliphatic imine (C=N–C) groups is 1. The van der Waals surface area contributed by atoms with Crippen LogP contribution in [0.1, 0.15) is 43.8 Å². The van der Waals surface area contributed by atoms with E-state index in [9.17, 15) is 0 Å². The Morgan fingerprint density at radius 3 is 2.64 bits per heavy atom. The average Bonchev–Trinajstić information content (AvgIpc) is 3.25. The summed E-state index contributed by atoms with van der Waals surface area (Å²) in [6.45, 7) is 4.24. The number of rotatable bonds is 6. The molecule has 0 saturated heterocycles. The molecule has 136 valence electrons. The van der Waals surface area contributed by atoms with Crippen LogP contribution in [0.25, 0.3) is 0 Å². The Labute approximate surface area is 149 Å². The largest absolute Gasteiger partial charge is 0.355 e. The summed E-state index contributed by atoms with van der Waals surface area (Å²) in [4.78, 5) is 4.74. The summed E-state index contributed by atoms with van der Waals surface area (Å²) in [6.07, 6.45) is 10.6. The molecule has 1 aliphatic rings. The number of nitrogens with zero attached hydrogens (tertiary/aromatic N) is 5. The number of hydrogen-bond donors (Lipinski definition) is 2. The Hall–Kier alpha value is -2.31. The van der Waals surface area contributed by atoms with Gasteiger partial charge in [0.15, 0.2) is 11.8 Å². The summed E-state index contributed by atoms with van der Waals surface area (Å²) < 4.78 is 4.15. The van der Waals surface area contributed by atoms with Gasteiger partial charge in [-0.05, 0) is 31.9 Å². The second-order valence-electron chi connectivity index (χ2n) is 6.71. The third-order valence-electron chi connectivity index (χ3n) is 4.84. The van der Waals surface area contributed by atoms with Crippen molar-refractivity contribution in [1.82, 2.24) is 30.0 Å². The van der Waals surface area contributed by atoms with Crippen LogP contribution in [0.15, 0.2) is 29.5 Å². The van der Waals surface area contributed by atoms with Crippen molar-refractivity contribution >= 4 is 5.96 Å². The minimum absolute atomic E-state index is 0.521. The first-order valence-corrected chi connectivity index (χ1v) is 9.23. The maximum absolute atomic E-state index is 4.74. The Bertz CT molecular complexity index is 666. The summed E-state index contributed by atoms with van der Waals surface area (Å²) in [5.74, 6) is 2.67. The highest BCUT2D eigenvalue weighted by Gasteiger charge is 2.15. The van der Waals surface area contributed by atoms with E-state index in [2.05, 4.69) is 37.8 Å². The standard InChI is InChI=1S/C18H29N7/c1-15-22-23-17(24(15)2)14-20-18(21-16-8-4-3-5-9-16)19-10-13-25-11-6-7-12-25/h6-7,11-12,16H,3-5,8-10,13-14H2,1-2H3,(H2,19,20,21). The summed E-state index contributed by atoms with van der Waals surface area (Å²) in [7, 11) is 1.98. The van der Waals surface area contributed by atoms with Gasteiger partial charge < -0.3 is 19.8 Å². The molecule has 2 heterocycles. The van der Waals surface area contributed by atoms with Crippen LogP contribution in [-0.4, -0.2) is 37.9 Å². The molecule has 3 rings (SSSR count). The minimum atomic E-state index is 0.521. The minimum Gasteiger partial charge on any atom is -0.355 e. The lowest BCUT2D eigenvalue weighted by molar-refractivity contribution is 0.409. The van der Waals surface area contributed by atoms with Crippen molar-refractivity contribution in [1.29, 1.82) is 0 Å². The molecule has 1 fully saturated rings. The summed E-state index contributed by atoms with van der Waals surface area (Å²) in [6, 6.07) is 4.62. The Kier molecular flexibility index (Phi) is 6.09. The predicted molar refractivity (Wildman–Crippen MR) is 99.3 cm³/mol. The summed E-state index contributed by atoms with van der Waals surface area (Å²) >= 11 is 0. The second kappa shape index (κ2) is 8.69. The first kappa shape index (κ1) is 17.5. The molecule has 0 atom stereocenters. The normalized spacial score (nSPS) is 16.2. The van der Waals surface area contributed by atoms with Gasteiger partial charge in [-0.25, -0.2) is 4.99 Å². The molecular formula is C18H29N7. The lowest BCUT2D eigenvalue weighted by Crippen LogP contribution is -2.45. The molecule has 2 aromatic rings. The molecule has 0 bridgehead atoms. The van der Waals surface area contributed by atoms with Crippen LogP contribution < -0.4 is 10.6 Å². The van der Waals surface area contributed by atoms with Crippen LogP contribution in [0.5, 0.6) is 0 Å². The van der Waals surface area contributed by atoms with E-state index in [1.54, 1.807) is 0 Å². The molecule has 2 N–H and O–H groups in total. The van der Waals surface area contributed by atoms with Gasteiger partial charge >= 0.3 is 0 Å². The summed E-state index contributed by atoms with van der Waals surface area (Å²) in [5.41, 5.74) is 0. The van der Waals surface area contributed by atoms with Gasteiger partial charge in [-0.2, -0.15) is 0 Å². The van der Waals surface area contributed by atoms with Crippen LogP contribution in [0.3, 0.4) is 0 Å². The molecule has 0 aromatic carbocycles. The highest BCUT2D eigenvalue weighted by atomic mass is 15.3. The van der Waals surface area contributed by atoms with E-state index in [-0.39, 0.29) is 0 Å². The number of guanidine groups is 1. The first-order valence-electron chi connectivity index (χ1n) is 9.23. The molecule has 1 saturated carbocycles. The van der Waals surface area contributed by atoms with Crippen molar-refractivity contribution < 1.29 is 0 Å². The monoisotopic (exact) mass is 343 g/mol. The quantitative estimate of drug-likeness (QED) is 0.621. The molecule has 0 amide bonds. The number of aromatic nitrogens is 4. The fourth-order valence-corrected chi connectivity index (χ4v) is 3.15. The molecule has 2 aromatic heterocycles. The lowest BCUT2D eigenvalue weighted by Gasteiger charge is -2.25. The van der Waals surface area contributed by atoms with E-state index < -0.39 is 0 Å². The highest BCUT2D eigenvalue weighted by Crippen LogP contribution is 2.17. The number of hydrogen-bond acceptors (Lipinski definition) is 3. The number of aryl methyl sites for hydroxylation is 1. The van der Waals surface area contributed by atoms with Gasteiger partial charge in [0, 0.05) is 38.6 Å². The highest BCUT2D eigenvalue weighted by molar-refractivity contribution is 5.80. The van der Waals surface area contributed by atoms with Gasteiger partial charge in [-0.3, -0.25) is 0 Å².